The topological polar surface area (TPSA) is 12.0 Å². The summed E-state index contributed by atoms with van der Waals surface area (Å²) in [6, 6.07) is 0. The lowest BCUT2D eigenvalue weighted by molar-refractivity contribution is 0.510. The van der Waals surface area contributed by atoms with Crippen molar-refractivity contribution in [1.82, 2.24) is 5.32 Å². The number of hydrogen-bond acceptors (Lipinski definition) is 1. The first-order valence-electron chi connectivity index (χ1n) is 20.3. The Balaban J connectivity index is 3.04. The summed E-state index contributed by atoms with van der Waals surface area (Å²) in [4.78, 5) is 0. The predicted molar refractivity (Wildman–Crippen MR) is 211 cm³/mol. The Labute approximate surface area is 294 Å². The molecule has 1 nitrogen and oxygen atoms in total. The first kappa shape index (κ1) is 44.5. The van der Waals surface area contributed by atoms with Crippen LogP contribution in [0.1, 0.15) is 238 Å². The van der Waals surface area contributed by atoms with Crippen LogP contribution in [0, 0.1) is 0 Å². The van der Waals surface area contributed by atoms with E-state index in [4.69, 9.17) is 23.8 Å². The van der Waals surface area contributed by atoms with Gasteiger partial charge in [0.05, 0.1) is 0 Å². The van der Waals surface area contributed by atoms with E-state index < -0.39 is 0 Å². The molecule has 0 saturated carbocycles. The molecule has 0 aromatic carbocycles. The molecular formula is C40H80ClNS2. The average molecular weight is 675 g/mol. The van der Waals surface area contributed by atoms with Gasteiger partial charge in [0.1, 0.15) is 4.32 Å². The predicted octanol–water partition coefficient (Wildman–Crippen LogP) is 15.5. The zero-order valence-electron chi connectivity index (χ0n) is 29.8. The van der Waals surface area contributed by atoms with Gasteiger partial charge in [-0.3, -0.25) is 0 Å². The highest BCUT2D eigenvalue weighted by Gasteiger charge is 1.98. The highest BCUT2D eigenvalue weighted by molar-refractivity contribution is 8.11. The van der Waals surface area contributed by atoms with Gasteiger partial charge >= 0.3 is 0 Å². The van der Waals surface area contributed by atoms with Crippen LogP contribution in [0.2, 0.25) is 0 Å². The molecule has 44 heavy (non-hydrogen) atoms. The molecule has 0 aromatic rings. The van der Waals surface area contributed by atoms with Gasteiger partial charge in [0.2, 0.25) is 0 Å². The number of unbranched alkanes of at least 4 members (excludes halogenated alkanes) is 36. The Hall–Kier alpha value is 0.530. The zero-order chi connectivity index (χ0) is 31.9. The second kappa shape index (κ2) is 41.6. The number of rotatable bonds is 39. The van der Waals surface area contributed by atoms with E-state index in [1.54, 1.807) is 0 Å². The molecule has 0 bridgehead atoms. The van der Waals surface area contributed by atoms with Crippen LogP contribution in [-0.4, -0.2) is 16.7 Å². The number of hydrogen-bond donors (Lipinski definition) is 2. The molecule has 0 aliphatic carbocycles. The number of alkyl halides is 1. The van der Waals surface area contributed by atoms with E-state index in [-0.39, 0.29) is 0 Å². The molecule has 0 saturated heterocycles. The second-order valence-corrected chi connectivity index (χ2v) is 15.5. The first-order chi connectivity index (χ1) is 21.8. The number of thiol groups is 1. The Morgan fingerprint density at radius 3 is 0.636 bits per heavy atom. The van der Waals surface area contributed by atoms with E-state index in [0.717, 1.165) is 12.4 Å². The van der Waals surface area contributed by atoms with E-state index in [9.17, 15) is 0 Å². The number of halogens is 1. The van der Waals surface area contributed by atoms with Crippen molar-refractivity contribution in [2.45, 2.75) is 238 Å². The van der Waals surface area contributed by atoms with Crippen molar-refractivity contribution in [2.24, 2.45) is 0 Å². The lowest BCUT2D eigenvalue weighted by Gasteiger charge is -2.05. The van der Waals surface area contributed by atoms with E-state index in [2.05, 4.69) is 17.9 Å². The largest absolute Gasteiger partial charge is 0.371 e. The maximum atomic E-state index is 5.73. The molecule has 0 spiro atoms. The highest BCUT2D eigenvalue weighted by atomic mass is 35.5. The molecule has 0 aromatic heterocycles. The summed E-state index contributed by atoms with van der Waals surface area (Å²) in [5.41, 5.74) is 0. The molecule has 0 rings (SSSR count). The van der Waals surface area contributed by atoms with Crippen LogP contribution >= 0.6 is 36.4 Å². The maximum absolute atomic E-state index is 5.73. The Morgan fingerprint density at radius 1 is 0.318 bits per heavy atom. The molecule has 0 radical (unpaired) electrons. The Kier molecular flexibility index (Phi) is 42.1. The fourth-order valence-electron chi connectivity index (χ4n) is 6.60. The van der Waals surface area contributed by atoms with E-state index in [1.165, 1.54) is 238 Å². The van der Waals surface area contributed by atoms with Crippen molar-refractivity contribution in [3.8, 4) is 0 Å². The number of thiocarbonyl (C=S) groups is 1. The molecule has 0 aliphatic heterocycles. The summed E-state index contributed by atoms with van der Waals surface area (Å²) < 4.78 is 0.630. The molecule has 0 heterocycles. The smallest absolute Gasteiger partial charge is 0.130 e. The van der Waals surface area contributed by atoms with Crippen LogP contribution in [0.5, 0.6) is 0 Å². The summed E-state index contributed by atoms with van der Waals surface area (Å²) in [5.74, 6) is 0.844. The average Bonchev–Trinajstić information content (AvgIpc) is 3.02. The summed E-state index contributed by atoms with van der Waals surface area (Å²) in [6.07, 6.45) is 53.4. The van der Waals surface area contributed by atoms with Gasteiger partial charge in [-0.25, -0.2) is 0 Å². The van der Waals surface area contributed by atoms with Crippen molar-refractivity contribution >= 4 is 40.8 Å². The van der Waals surface area contributed by atoms with Crippen LogP contribution in [0.25, 0.3) is 0 Å². The zero-order valence-corrected chi connectivity index (χ0v) is 32.3. The monoisotopic (exact) mass is 674 g/mol. The summed E-state index contributed by atoms with van der Waals surface area (Å²) in [6.45, 7) is 0.987. The van der Waals surface area contributed by atoms with Gasteiger partial charge < -0.3 is 5.32 Å². The fourth-order valence-corrected chi connectivity index (χ4v) is 7.00. The molecule has 264 valence electrons. The van der Waals surface area contributed by atoms with Crippen LogP contribution in [-0.2, 0) is 0 Å². The maximum Gasteiger partial charge on any atom is 0.130 e. The van der Waals surface area contributed by atoms with Gasteiger partial charge in [-0.15, -0.1) is 24.2 Å². The third kappa shape index (κ3) is 42.5. The van der Waals surface area contributed by atoms with Gasteiger partial charge in [0.25, 0.3) is 0 Å². The molecule has 0 unspecified atom stereocenters. The van der Waals surface area contributed by atoms with Crippen molar-refractivity contribution in [3.63, 3.8) is 0 Å². The minimum atomic E-state index is 0.630. The Morgan fingerprint density at radius 2 is 0.477 bits per heavy atom. The molecule has 1 N–H and O–H groups in total. The molecule has 0 aliphatic rings. The summed E-state index contributed by atoms with van der Waals surface area (Å²) in [7, 11) is 0. The summed E-state index contributed by atoms with van der Waals surface area (Å²) >= 11 is 14.7. The highest BCUT2D eigenvalue weighted by Crippen LogP contribution is 2.17. The standard InChI is InChI=1S/C40H80ClNS2/c41-38-36-34-32-30-28-26-24-22-20-18-16-14-12-10-8-6-4-2-1-3-5-7-9-11-13-15-17-19-21-23-25-27-29-31-33-35-37-39-42-40(43)44/h1-39H2,(H2,42,43,44). The van der Waals surface area contributed by atoms with Gasteiger partial charge in [-0.05, 0) is 12.8 Å². The van der Waals surface area contributed by atoms with Crippen molar-refractivity contribution in [2.75, 3.05) is 12.4 Å². The quantitative estimate of drug-likeness (QED) is 0.0291. The van der Waals surface area contributed by atoms with Crippen LogP contribution in [0.4, 0.5) is 0 Å². The van der Waals surface area contributed by atoms with Crippen molar-refractivity contribution < 1.29 is 0 Å². The van der Waals surface area contributed by atoms with E-state index >= 15 is 0 Å². The summed E-state index contributed by atoms with van der Waals surface area (Å²) in [5, 5.41) is 3.12. The van der Waals surface area contributed by atoms with Crippen LogP contribution < -0.4 is 5.32 Å². The van der Waals surface area contributed by atoms with E-state index in [0.29, 0.717) is 4.32 Å². The lowest BCUT2D eigenvalue weighted by Crippen LogP contribution is -2.17. The van der Waals surface area contributed by atoms with Crippen molar-refractivity contribution in [3.05, 3.63) is 0 Å². The normalized spacial score (nSPS) is 11.4. The van der Waals surface area contributed by atoms with Gasteiger partial charge in [-0.2, -0.15) is 0 Å². The van der Waals surface area contributed by atoms with E-state index in [1.807, 2.05) is 0 Å². The Bertz CT molecular complexity index is 530. The van der Waals surface area contributed by atoms with Gasteiger partial charge in [0, 0.05) is 12.4 Å². The lowest BCUT2D eigenvalue weighted by atomic mass is 10.0. The molecule has 0 amide bonds. The molecule has 4 heteroatoms. The number of nitrogens with one attached hydrogen (secondary N) is 1. The van der Waals surface area contributed by atoms with Crippen molar-refractivity contribution in [1.29, 1.82) is 0 Å². The molecule has 0 atom stereocenters. The first-order valence-corrected chi connectivity index (χ1v) is 21.7. The van der Waals surface area contributed by atoms with Crippen LogP contribution in [0.3, 0.4) is 0 Å². The third-order valence-electron chi connectivity index (χ3n) is 9.59. The van der Waals surface area contributed by atoms with Crippen LogP contribution in [0.15, 0.2) is 0 Å². The SMILES string of the molecule is S=C(S)NCCCCCCCCCCCCCCCCCCCCCCCCCCCCCCCCCCCCCCCCl. The molecule has 0 fully saturated rings. The second-order valence-electron chi connectivity index (χ2n) is 14.0. The minimum Gasteiger partial charge on any atom is -0.371 e. The van der Waals surface area contributed by atoms with Gasteiger partial charge in [0.15, 0.2) is 0 Å². The third-order valence-corrected chi connectivity index (χ3v) is 10.2. The molecular weight excluding hydrogens is 594 g/mol. The van der Waals surface area contributed by atoms with Gasteiger partial charge in [-0.1, -0.05) is 237 Å². The minimum absolute atomic E-state index is 0.630. The fraction of sp³-hybridized carbons (Fsp3) is 0.975.